The first-order chi connectivity index (χ1) is 9.88. The van der Waals surface area contributed by atoms with Gasteiger partial charge in [0.15, 0.2) is 0 Å². The van der Waals surface area contributed by atoms with Crippen LogP contribution in [0.4, 0.5) is 0 Å². The van der Waals surface area contributed by atoms with Crippen LogP contribution >= 0.6 is 0 Å². The lowest BCUT2D eigenvalue weighted by Crippen LogP contribution is -2.39. The van der Waals surface area contributed by atoms with Crippen molar-refractivity contribution < 1.29 is 9.90 Å². The molecule has 6 heteroatoms. The summed E-state index contributed by atoms with van der Waals surface area (Å²) in [7, 11) is 0. The molecule has 1 aromatic carbocycles. The van der Waals surface area contributed by atoms with Gasteiger partial charge in [-0.1, -0.05) is 20.8 Å². The number of hydrogen-bond acceptors (Lipinski definition) is 4. The Morgan fingerprint density at radius 3 is 2.52 bits per heavy atom. The lowest BCUT2D eigenvalue weighted by atomic mass is 9.89. The van der Waals surface area contributed by atoms with E-state index < -0.39 is 6.10 Å². The summed E-state index contributed by atoms with van der Waals surface area (Å²) in [5.41, 5.74) is 1.11. The highest BCUT2D eigenvalue weighted by molar-refractivity contribution is 5.94. The zero-order valence-electron chi connectivity index (χ0n) is 12.4. The molecule has 1 aromatic heterocycles. The first kappa shape index (κ1) is 15.2. The number of nitrogens with zero attached hydrogens (tertiary/aromatic N) is 3. The molecule has 2 rings (SSSR count). The predicted molar refractivity (Wildman–Crippen MR) is 79.2 cm³/mol. The van der Waals surface area contributed by atoms with E-state index in [1.54, 1.807) is 35.3 Å². The molecule has 0 aliphatic heterocycles. The molecule has 0 saturated heterocycles. The Morgan fingerprint density at radius 2 is 2.00 bits per heavy atom. The van der Waals surface area contributed by atoms with E-state index in [9.17, 15) is 9.90 Å². The fraction of sp³-hybridized carbons (Fsp3) is 0.400. The maximum Gasteiger partial charge on any atom is 0.251 e. The predicted octanol–water partition coefficient (Wildman–Crippen LogP) is 1.40. The van der Waals surface area contributed by atoms with Gasteiger partial charge in [-0.25, -0.2) is 9.67 Å². The number of aromatic nitrogens is 3. The molecule has 1 unspecified atom stereocenters. The molecule has 0 spiro atoms. The van der Waals surface area contributed by atoms with Crippen LogP contribution in [0, 0.1) is 5.41 Å². The third kappa shape index (κ3) is 3.88. The summed E-state index contributed by atoms with van der Waals surface area (Å²) in [6, 6.07) is 7.03. The van der Waals surface area contributed by atoms with Crippen LogP contribution in [0.2, 0.25) is 0 Å². The van der Waals surface area contributed by atoms with E-state index >= 15 is 0 Å². The van der Waals surface area contributed by atoms with Gasteiger partial charge in [0.05, 0.1) is 11.8 Å². The molecular weight excluding hydrogens is 268 g/mol. The number of nitrogens with one attached hydrogen (secondary N) is 1. The van der Waals surface area contributed by atoms with Crippen molar-refractivity contribution >= 4 is 5.91 Å². The van der Waals surface area contributed by atoms with Gasteiger partial charge < -0.3 is 10.4 Å². The van der Waals surface area contributed by atoms with Crippen molar-refractivity contribution in [1.29, 1.82) is 0 Å². The van der Waals surface area contributed by atoms with E-state index in [1.165, 1.54) is 6.33 Å². The Hall–Kier alpha value is -2.21. The fourth-order valence-corrected chi connectivity index (χ4v) is 1.70. The molecule has 0 fully saturated rings. The third-order valence-corrected chi connectivity index (χ3v) is 3.27. The zero-order valence-corrected chi connectivity index (χ0v) is 12.4. The van der Waals surface area contributed by atoms with Gasteiger partial charge in [-0.15, -0.1) is 0 Å². The summed E-state index contributed by atoms with van der Waals surface area (Å²) in [5, 5.41) is 16.7. The van der Waals surface area contributed by atoms with Crippen molar-refractivity contribution in [3.63, 3.8) is 0 Å². The molecule has 21 heavy (non-hydrogen) atoms. The van der Waals surface area contributed by atoms with Crippen molar-refractivity contribution in [1.82, 2.24) is 20.1 Å². The Morgan fingerprint density at radius 1 is 1.33 bits per heavy atom. The van der Waals surface area contributed by atoms with Gasteiger partial charge in [-0.2, -0.15) is 5.10 Å². The molecular formula is C15H20N4O2. The second-order valence-electron chi connectivity index (χ2n) is 5.98. The lowest BCUT2D eigenvalue weighted by molar-refractivity contribution is 0.0587. The van der Waals surface area contributed by atoms with Crippen LogP contribution in [0.25, 0.3) is 5.69 Å². The second kappa shape index (κ2) is 6.05. The van der Waals surface area contributed by atoms with Gasteiger partial charge in [-0.3, -0.25) is 4.79 Å². The van der Waals surface area contributed by atoms with Crippen LogP contribution in [0.15, 0.2) is 36.9 Å². The van der Waals surface area contributed by atoms with Gasteiger partial charge in [0.1, 0.15) is 12.7 Å². The smallest absolute Gasteiger partial charge is 0.251 e. The highest BCUT2D eigenvalue weighted by Gasteiger charge is 2.22. The average molecular weight is 288 g/mol. The normalized spacial score (nSPS) is 13.0. The van der Waals surface area contributed by atoms with Gasteiger partial charge in [-0.05, 0) is 29.7 Å². The molecule has 0 bridgehead atoms. The minimum atomic E-state index is -0.587. The summed E-state index contributed by atoms with van der Waals surface area (Å²) in [6.07, 6.45) is 2.46. The van der Waals surface area contributed by atoms with Crippen molar-refractivity contribution in [3.05, 3.63) is 42.5 Å². The Kier molecular flexibility index (Phi) is 4.37. The summed E-state index contributed by atoms with van der Waals surface area (Å²) >= 11 is 0. The van der Waals surface area contributed by atoms with Crippen LogP contribution in [-0.4, -0.2) is 38.4 Å². The summed E-state index contributed by atoms with van der Waals surface area (Å²) in [6.45, 7) is 6.01. The molecule has 0 radical (unpaired) electrons. The van der Waals surface area contributed by atoms with E-state index in [-0.39, 0.29) is 17.9 Å². The van der Waals surface area contributed by atoms with Crippen molar-refractivity contribution in [2.24, 2.45) is 5.41 Å². The second-order valence-corrected chi connectivity index (χ2v) is 5.98. The van der Waals surface area contributed by atoms with Crippen molar-refractivity contribution in [2.45, 2.75) is 26.9 Å². The van der Waals surface area contributed by atoms with Gasteiger partial charge >= 0.3 is 0 Å². The van der Waals surface area contributed by atoms with Crippen LogP contribution < -0.4 is 5.32 Å². The Balaban J connectivity index is 1.97. The van der Waals surface area contributed by atoms with Crippen molar-refractivity contribution in [2.75, 3.05) is 6.54 Å². The summed E-state index contributed by atoms with van der Waals surface area (Å²) in [5.74, 6) is -0.205. The van der Waals surface area contributed by atoms with Crippen LogP contribution in [0.1, 0.15) is 31.1 Å². The number of amides is 1. The largest absolute Gasteiger partial charge is 0.391 e. The number of carbonyl (C=O) groups is 1. The first-order valence-corrected chi connectivity index (χ1v) is 6.79. The molecule has 1 heterocycles. The third-order valence-electron chi connectivity index (χ3n) is 3.27. The topological polar surface area (TPSA) is 80.0 Å². The van der Waals surface area contributed by atoms with Gasteiger partial charge in [0.2, 0.25) is 0 Å². The van der Waals surface area contributed by atoms with E-state index in [0.717, 1.165) is 5.69 Å². The summed E-state index contributed by atoms with van der Waals surface area (Å²) < 4.78 is 1.62. The highest BCUT2D eigenvalue weighted by atomic mass is 16.3. The number of aliphatic hydroxyl groups excluding tert-OH is 1. The zero-order chi connectivity index (χ0) is 15.5. The Labute approximate surface area is 123 Å². The molecule has 0 saturated carbocycles. The number of carbonyl (C=O) groups excluding carboxylic acids is 1. The molecule has 1 atom stereocenters. The van der Waals surface area contributed by atoms with E-state index in [2.05, 4.69) is 15.4 Å². The van der Waals surface area contributed by atoms with Crippen LogP contribution in [0.5, 0.6) is 0 Å². The molecule has 0 aliphatic carbocycles. The SMILES string of the molecule is CC(C)(C)C(O)CNC(=O)c1ccc(-n2cncn2)cc1. The number of benzene rings is 1. The van der Waals surface area contributed by atoms with Gasteiger partial charge in [0.25, 0.3) is 5.91 Å². The highest BCUT2D eigenvalue weighted by Crippen LogP contribution is 2.18. The average Bonchev–Trinajstić information content (AvgIpc) is 2.97. The standard InChI is InChI=1S/C15H20N4O2/c1-15(2,3)13(20)8-17-14(21)11-4-6-12(7-5-11)19-10-16-9-18-19/h4-7,9-10,13,20H,8H2,1-3H3,(H,17,21). The van der Waals surface area contributed by atoms with E-state index in [4.69, 9.17) is 0 Å². The molecule has 0 aliphatic rings. The quantitative estimate of drug-likeness (QED) is 0.891. The van der Waals surface area contributed by atoms with E-state index in [0.29, 0.717) is 5.56 Å². The molecule has 2 N–H and O–H groups in total. The maximum absolute atomic E-state index is 12.0. The monoisotopic (exact) mass is 288 g/mol. The van der Waals surface area contributed by atoms with Crippen LogP contribution in [0.3, 0.4) is 0 Å². The number of aliphatic hydroxyl groups is 1. The minimum absolute atomic E-state index is 0.205. The lowest BCUT2D eigenvalue weighted by Gasteiger charge is -2.25. The molecule has 6 nitrogen and oxygen atoms in total. The molecule has 1 amide bonds. The Bertz CT molecular complexity index is 585. The first-order valence-electron chi connectivity index (χ1n) is 6.79. The minimum Gasteiger partial charge on any atom is -0.391 e. The summed E-state index contributed by atoms with van der Waals surface area (Å²) in [4.78, 5) is 15.9. The van der Waals surface area contributed by atoms with Crippen molar-refractivity contribution in [3.8, 4) is 5.69 Å². The fourth-order valence-electron chi connectivity index (χ4n) is 1.70. The van der Waals surface area contributed by atoms with Gasteiger partial charge in [0, 0.05) is 12.1 Å². The van der Waals surface area contributed by atoms with E-state index in [1.807, 2.05) is 20.8 Å². The maximum atomic E-state index is 12.0. The number of rotatable bonds is 4. The molecule has 2 aromatic rings. The molecule has 112 valence electrons. The number of hydrogen-bond donors (Lipinski definition) is 2. The van der Waals surface area contributed by atoms with Crippen LogP contribution in [-0.2, 0) is 0 Å².